The molecular formula is C16H19NO3S2. The van der Waals surface area contributed by atoms with Gasteiger partial charge in [-0.25, -0.2) is 8.42 Å². The van der Waals surface area contributed by atoms with Crippen LogP contribution in [0.2, 0.25) is 0 Å². The zero-order valence-electron chi connectivity index (χ0n) is 12.4. The summed E-state index contributed by atoms with van der Waals surface area (Å²) in [5, 5.41) is 1.98. The second-order valence-electron chi connectivity index (χ2n) is 5.59. The normalized spacial score (nSPS) is 18.2. The molecule has 4 nitrogen and oxygen atoms in total. The second kappa shape index (κ2) is 6.12. The summed E-state index contributed by atoms with van der Waals surface area (Å²) in [6.45, 7) is 3.02. The number of benzene rings is 1. The molecule has 0 spiro atoms. The van der Waals surface area contributed by atoms with Crippen LogP contribution in [-0.2, 0) is 20.3 Å². The van der Waals surface area contributed by atoms with E-state index < -0.39 is 15.6 Å². The summed E-state index contributed by atoms with van der Waals surface area (Å²) in [5.74, 6) is 0. The van der Waals surface area contributed by atoms with Crippen molar-refractivity contribution in [1.82, 2.24) is 4.72 Å². The highest BCUT2D eigenvalue weighted by atomic mass is 32.2. The van der Waals surface area contributed by atoms with E-state index in [9.17, 15) is 8.42 Å². The molecule has 1 aliphatic heterocycles. The van der Waals surface area contributed by atoms with Gasteiger partial charge in [0.25, 0.3) is 0 Å². The summed E-state index contributed by atoms with van der Waals surface area (Å²) >= 11 is 1.58. The van der Waals surface area contributed by atoms with Gasteiger partial charge >= 0.3 is 0 Å². The van der Waals surface area contributed by atoms with Crippen LogP contribution in [0.5, 0.6) is 0 Å². The molecule has 2 heterocycles. The summed E-state index contributed by atoms with van der Waals surface area (Å²) in [4.78, 5) is 1.36. The number of nitrogens with one attached hydrogen (secondary N) is 1. The zero-order valence-corrected chi connectivity index (χ0v) is 14.0. The molecule has 3 rings (SSSR count). The minimum Gasteiger partial charge on any atom is -0.381 e. The molecular weight excluding hydrogens is 318 g/mol. The van der Waals surface area contributed by atoms with Crippen LogP contribution in [-0.4, -0.2) is 21.6 Å². The predicted molar refractivity (Wildman–Crippen MR) is 87.6 cm³/mol. The molecule has 22 heavy (non-hydrogen) atoms. The molecule has 6 heteroatoms. The molecule has 0 radical (unpaired) electrons. The fourth-order valence-corrected chi connectivity index (χ4v) is 5.32. The lowest BCUT2D eigenvalue weighted by atomic mass is 9.90. The molecule has 1 fully saturated rings. The fourth-order valence-electron chi connectivity index (χ4n) is 2.77. The summed E-state index contributed by atoms with van der Waals surface area (Å²) in [7, 11) is -3.57. The third kappa shape index (κ3) is 3.10. The third-order valence-corrected chi connectivity index (χ3v) is 6.58. The molecule has 0 saturated carbocycles. The van der Waals surface area contributed by atoms with Gasteiger partial charge in [0.1, 0.15) is 0 Å². The van der Waals surface area contributed by atoms with E-state index in [0.717, 1.165) is 10.4 Å². The second-order valence-corrected chi connectivity index (χ2v) is 8.22. The van der Waals surface area contributed by atoms with E-state index in [-0.39, 0.29) is 0 Å². The quantitative estimate of drug-likeness (QED) is 0.933. The van der Waals surface area contributed by atoms with Gasteiger partial charge in [0.15, 0.2) is 0 Å². The maximum Gasteiger partial charge on any atom is 0.241 e. The Morgan fingerprint density at radius 3 is 2.59 bits per heavy atom. The molecule has 0 bridgehead atoms. The van der Waals surface area contributed by atoms with E-state index in [1.54, 1.807) is 29.5 Å². The first-order chi connectivity index (χ1) is 10.5. The van der Waals surface area contributed by atoms with Gasteiger partial charge in [-0.15, -0.1) is 11.3 Å². The number of hydrogen-bond donors (Lipinski definition) is 1. The topological polar surface area (TPSA) is 55.4 Å². The molecule has 1 aliphatic rings. The Hall–Kier alpha value is -1.21. The van der Waals surface area contributed by atoms with Gasteiger partial charge in [-0.1, -0.05) is 18.2 Å². The summed E-state index contributed by atoms with van der Waals surface area (Å²) in [5.41, 5.74) is 0.370. The molecule has 0 aliphatic carbocycles. The molecule has 118 valence electrons. The molecule has 1 N–H and O–H groups in total. The van der Waals surface area contributed by atoms with E-state index in [1.807, 2.05) is 30.5 Å². The van der Waals surface area contributed by atoms with E-state index in [1.165, 1.54) is 0 Å². The SMILES string of the molecule is Cc1cccc(S(=O)(=O)NC2(c3cccs3)CCOCC2)c1. The van der Waals surface area contributed by atoms with Crippen LogP contribution in [0, 0.1) is 6.92 Å². The van der Waals surface area contributed by atoms with Crippen LogP contribution in [0.4, 0.5) is 0 Å². The highest BCUT2D eigenvalue weighted by Crippen LogP contribution is 2.36. The van der Waals surface area contributed by atoms with Crippen LogP contribution < -0.4 is 4.72 Å². The third-order valence-electron chi connectivity index (χ3n) is 3.97. The van der Waals surface area contributed by atoms with E-state index in [2.05, 4.69) is 4.72 Å². The lowest BCUT2D eigenvalue weighted by molar-refractivity contribution is 0.0472. The van der Waals surface area contributed by atoms with Crippen molar-refractivity contribution in [2.24, 2.45) is 0 Å². The summed E-state index contributed by atoms with van der Waals surface area (Å²) < 4.78 is 34.0. The van der Waals surface area contributed by atoms with Gasteiger partial charge in [-0.2, -0.15) is 4.72 Å². The van der Waals surface area contributed by atoms with Crippen molar-refractivity contribution < 1.29 is 13.2 Å². The lowest BCUT2D eigenvalue weighted by Crippen LogP contribution is -2.48. The summed E-state index contributed by atoms with van der Waals surface area (Å²) in [6, 6.07) is 10.9. The van der Waals surface area contributed by atoms with E-state index in [0.29, 0.717) is 31.0 Å². The first kappa shape index (κ1) is 15.7. The molecule has 1 aromatic heterocycles. The minimum atomic E-state index is -3.57. The summed E-state index contributed by atoms with van der Waals surface area (Å²) in [6.07, 6.45) is 1.30. The fraction of sp³-hybridized carbons (Fsp3) is 0.375. The Morgan fingerprint density at radius 2 is 1.95 bits per heavy atom. The number of aryl methyl sites for hydroxylation is 1. The van der Waals surface area contributed by atoms with Crippen molar-refractivity contribution in [3.63, 3.8) is 0 Å². The van der Waals surface area contributed by atoms with Gasteiger partial charge in [0.2, 0.25) is 10.0 Å². The van der Waals surface area contributed by atoms with Crippen LogP contribution >= 0.6 is 11.3 Å². The number of rotatable bonds is 4. The van der Waals surface area contributed by atoms with Crippen LogP contribution in [0.3, 0.4) is 0 Å². The minimum absolute atomic E-state index is 0.315. The molecule has 1 aromatic carbocycles. The number of sulfonamides is 1. The Balaban J connectivity index is 1.97. The van der Waals surface area contributed by atoms with Crippen molar-refractivity contribution in [2.75, 3.05) is 13.2 Å². The standard InChI is InChI=1S/C16H19NO3S2/c1-13-4-2-5-14(12-13)22(18,19)17-16(7-9-20-10-8-16)15-6-3-11-21-15/h2-6,11-12,17H,7-10H2,1H3. The van der Waals surface area contributed by atoms with Gasteiger partial charge in [-0.3, -0.25) is 0 Å². The Morgan fingerprint density at radius 1 is 1.18 bits per heavy atom. The molecule has 1 saturated heterocycles. The first-order valence-electron chi connectivity index (χ1n) is 7.24. The van der Waals surface area contributed by atoms with Crippen molar-refractivity contribution in [1.29, 1.82) is 0 Å². The van der Waals surface area contributed by atoms with Crippen molar-refractivity contribution in [2.45, 2.75) is 30.2 Å². The van der Waals surface area contributed by atoms with Crippen LogP contribution in [0.15, 0.2) is 46.7 Å². The first-order valence-corrected chi connectivity index (χ1v) is 9.61. The predicted octanol–water partition coefficient (Wildman–Crippen LogP) is 3.04. The van der Waals surface area contributed by atoms with Crippen LogP contribution in [0.25, 0.3) is 0 Å². The average molecular weight is 337 g/mol. The monoisotopic (exact) mass is 337 g/mol. The van der Waals surface area contributed by atoms with E-state index in [4.69, 9.17) is 4.74 Å². The number of hydrogen-bond acceptors (Lipinski definition) is 4. The smallest absolute Gasteiger partial charge is 0.241 e. The molecule has 2 aromatic rings. The molecule has 0 atom stereocenters. The maximum absolute atomic E-state index is 12.8. The molecule has 0 unspecified atom stereocenters. The van der Waals surface area contributed by atoms with E-state index >= 15 is 0 Å². The van der Waals surface area contributed by atoms with Gasteiger partial charge in [0, 0.05) is 18.1 Å². The van der Waals surface area contributed by atoms with Crippen molar-refractivity contribution in [3.05, 3.63) is 52.2 Å². The average Bonchev–Trinajstić information content (AvgIpc) is 3.03. The Labute approximate surface area is 135 Å². The number of ether oxygens (including phenoxy) is 1. The van der Waals surface area contributed by atoms with Crippen molar-refractivity contribution in [3.8, 4) is 0 Å². The zero-order chi connectivity index (χ0) is 15.6. The van der Waals surface area contributed by atoms with Gasteiger partial charge in [-0.05, 0) is 48.9 Å². The van der Waals surface area contributed by atoms with Gasteiger partial charge in [0.05, 0.1) is 10.4 Å². The highest BCUT2D eigenvalue weighted by molar-refractivity contribution is 7.89. The van der Waals surface area contributed by atoms with Crippen LogP contribution in [0.1, 0.15) is 23.3 Å². The Kier molecular flexibility index (Phi) is 4.36. The largest absolute Gasteiger partial charge is 0.381 e. The number of thiophene rings is 1. The Bertz CT molecular complexity index is 733. The lowest BCUT2D eigenvalue weighted by Gasteiger charge is -2.37. The molecule has 0 amide bonds. The maximum atomic E-state index is 12.8. The van der Waals surface area contributed by atoms with Gasteiger partial charge < -0.3 is 4.74 Å². The highest BCUT2D eigenvalue weighted by Gasteiger charge is 2.39. The van der Waals surface area contributed by atoms with Crippen molar-refractivity contribution >= 4 is 21.4 Å².